The van der Waals surface area contributed by atoms with Crippen LogP contribution in [0.15, 0.2) is 30.2 Å². The van der Waals surface area contributed by atoms with Gasteiger partial charge in [-0.2, -0.15) is 5.26 Å². The third-order valence-electron chi connectivity index (χ3n) is 3.50. The van der Waals surface area contributed by atoms with Crippen molar-refractivity contribution in [1.82, 2.24) is 10.2 Å². The molecule has 1 heterocycles. The van der Waals surface area contributed by atoms with Crippen molar-refractivity contribution in [2.75, 3.05) is 13.1 Å². The van der Waals surface area contributed by atoms with Crippen LogP contribution in [0.1, 0.15) is 25.6 Å². The number of carbonyl (C=O) groups excluding carboxylic acids is 1. The fourth-order valence-corrected chi connectivity index (χ4v) is 2.57. The quantitative estimate of drug-likeness (QED) is 0.751. The summed E-state index contributed by atoms with van der Waals surface area (Å²) in [5.74, 6) is -0.0808. The summed E-state index contributed by atoms with van der Waals surface area (Å²) in [5.41, 5.74) is -0.833. The molecule has 1 atom stereocenters. The SMILES string of the molecule is C=CCN(CC(=O)NC(C)(C#N)C(C)C)Cc1cccs1. The molecule has 1 aromatic heterocycles. The van der Waals surface area contributed by atoms with Gasteiger partial charge in [0.05, 0.1) is 12.6 Å². The van der Waals surface area contributed by atoms with E-state index in [0.717, 1.165) is 0 Å². The van der Waals surface area contributed by atoms with Gasteiger partial charge in [0, 0.05) is 18.0 Å². The molecule has 0 saturated heterocycles. The van der Waals surface area contributed by atoms with Gasteiger partial charge in [-0.3, -0.25) is 9.69 Å². The Labute approximate surface area is 131 Å². The number of amides is 1. The normalized spacial score (nSPS) is 13.7. The average molecular weight is 305 g/mol. The first kappa shape index (κ1) is 17.4. The summed E-state index contributed by atoms with van der Waals surface area (Å²) in [5, 5.41) is 14.1. The number of carbonyl (C=O) groups is 1. The van der Waals surface area contributed by atoms with Gasteiger partial charge >= 0.3 is 0 Å². The molecule has 0 radical (unpaired) electrons. The first-order chi connectivity index (χ1) is 9.91. The fraction of sp³-hybridized carbons (Fsp3) is 0.500. The number of nitrogens with zero attached hydrogens (tertiary/aromatic N) is 2. The molecule has 21 heavy (non-hydrogen) atoms. The maximum atomic E-state index is 12.2. The van der Waals surface area contributed by atoms with E-state index in [1.807, 2.05) is 36.3 Å². The van der Waals surface area contributed by atoms with E-state index >= 15 is 0 Å². The maximum Gasteiger partial charge on any atom is 0.235 e. The molecule has 114 valence electrons. The zero-order valence-corrected chi connectivity index (χ0v) is 13.7. The summed E-state index contributed by atoms with van der Waals surface area (Å²) in [7, 11) is 0. The second-order valence-corrected chi connectivity index (χ2v) is 6.59. The highest BCUT2D eigenvalue weighted by atomic mass is 32.1. The molecule has 0 saturated carbocycles. The van der Waals surface area contributed by atoms with E-state index in [1.54, 1.807) is 24.3 Å². The van der Waals surface area contributed by atoms with Crippen LogP contribution in [-0.4, -0.2) is 29.4 Å². The summed E-state index contributed by atoms with van der Waals surface area (Å²) in [6.07, 6.45) is 1.78. The molecular weight excluding hydrogens is 282 g/mol. The van der Waals surface area contributed by atoms with Crippen molar-refractivity contribution >= 4 is 17.2 Å². The Morgan fingerprint density at radius 1 is 1.67 bits per heavy atom. The van der Waals surface area contributed by atoms with Crippen molar-refractivity contribution in [1.29, 1.82) is 5.26 Å². The Hall–Kier alpha value is -1.64. The number of thiophene rings is 1. The van der Waals surface area contributed by atoms with Gasteiger partial charge in [0.15, 0.2) is 0 Å². The molecule has 0 aromatic carbocycles. The van der Waals surface area contributed by atoms with Crippen LogP contribution >= 0.6 is 11.3 Å². The second-order valence-electron chi connectivity index (χ2n) is 5.55. The Bertz CT molecular complexity index is 504. The lowest BCUT2D eigenvalue weighted by Crippen LogP contribution is -2.51. The molecule has 4 nitrogen and oxygen atoms in total. The largest absolute Gasteiger partial charge is 0.337 e. The van der Waals surface area contributed by atoms with Gasteiger partial charge < -0.3 is 5.32 Å². The summed E-state index contributed by atoms with van der Waals surface area (Å²) < 4.78 is 0. The highest BCUT2D eigenvalue weighted by molar-refractivity contribution is 7.09. The lowest BCUT2D eigenvalue weighted by Gasteiger charge is -2.29. The lowest BCUT2D eigenvalue weighted by molar-refractivity contribution is -0.123. The smallest absolute Gasteiger partial charge is 0.235 e. The molecule has 1 aromatic rings. The van der Waals surface area contributed by atoms with Crippen molar-refractivity contribution in [3.05, 3.63) is 35.0 Å². The van der Waals surface area contributed by atoms with Crippen molar-refractivity contribution in [2.45, 2.75) is 32.9 Å². The van der Waals surface area contributed by atoms with E-state index < -0.39 is 5.54 Å². The minimum Gasteiger partial charge on any atom is -0.337 e. The average Bonchev–Trinajstić information content (AvgIpc) is 2.91. The summed E-state index contributed by atoms with van der Waals surface area (Å²) in [4.78, 5) is 15.4. The van der Waals surface area contributed by atoms with Crippen LogP contribution in [0.2, 0.25) is 0 Å². The molecule has 0 bridgehead atoms. The first-order valence-electron chi connectivity index (χ1n) is 6.99. The summed E-state index contributed by atoms with van der Waals surface area (Å²) in [6, 6.07) is 6.24. The van der Waals surface area contributed by atoms with E-state index in [1.165, 1.54) is 4.88 Å². The topological polar surface area (TPSA) is 56.1 Å². The van der Waals surface area contributed by atoms with Crippen molar-refractivity contribution < 1.29 is 4.79 Å². The molecule has 0 aliphatic heterocycles. The van der Waals surface area contributed by atoms with E-state index in [4.69, 9.17) is 0 Å². The van der Waals surface area contributed by atoms with Gasteiger partial charge in [-0.15, -0.1) is 17.9 Å². The van der Waals surface area contributed by atoms with Gasteiger partial charge in [-0.1, -0.05) is 26.0 Å². The standard InChI is InChI=1S/C16H23N3OS/c1-5-8-19(10-14-7-6-9-21-14)11-15(20)18-16(4,12-17)13(2)3/h5-7,9,13H,1,8,10-11H2,2-4H3,(H,18,20). The van der Waals surface area contributed by atoms with E-state index in [0.29, 0.717) is 13.1 Å². The molecule has 0 fully saturated rings. The van der Waals surface area contributed by atoms with E-state index in [-0.39, 0.29) is 18.4 Å². The number of hydrogen-bond acceptors (Lipinski definition) is 4. The van der Waals surface area contributed by atoms with Crippen LogP contribution in [0.5, 0.6) is 0 Å². The Morgan fingerprint density at radius 2 is 2.38 bits per heavy atom. The van der Waals surface area contributed by atoms with Gasteiger partial charge in [-0.25, -0.2) is 0 Å². The van der Waals surface area contributed by atoms with Crippen LogP contribution in [0, 0.1) is 17.2 Å². The third kappa shape index (κ3) is 5.33. The third-order valence-corrected chi connectivity index (χ3v) is 4.36. The molecular formula is C16H23N3OS. The highest BCUT2D eigenvalue weighted by Crippen LogP contribution is 2.15. The molecule has 1 unspecified atom stereocenters. The van der Waals surface area contributed by atoms with Crippen LogP contribution in [0.4, 0.5) is 0 Å². The van der Waals surface area contributed by atoms with Crippen molar-refractivity contribution in [3.8, 4) is 6.07 Å². The molecule has 1 N–H and O–H groups in total. The van der Waals surface area contributed by atoms with Crippen LogP contribution in [0.25, 0.3) is 0 Å². The number of rotatable bonds is 8. The minimum absolute atomic E-state index is 0.0524. The summed E-state index contributed by atoms with van der Waals surface area (Å²) in [6.45, 7) is 10.9. The predicted octanol–water partition coefficient (Wildman–Crippen LogP) is 2.79. The molecule has 1 amide bonds. The monoisotopic (exact) mass is 305 g/mol. The fourth-order valence-electron chi connectivity index (χ4n) is 1.82. The van der Waals surface area contributed by atoms with Crippen LogP contribution in [0.3, 0.4) is 0 Å². The number of hydrogen-bond donors (Lipinski definition) is 1. The predicted molar refractivity (Wildman–Crippen MR) is 86.8 cm³/mol. The summed E-state index contributed by atoms with van der Waals surface area (Å²) >= 11 is 1.67. The number of nitrogens with one attached hydrogen (secondary N) is 1. The van der Waals surface area contributed by atoms with Gasteiger partial charge in [0.2, 0.25) is 5.91 Å². The second kappa shape index (κ2) is 7.96. The minimum atomic E-state index is -0.833. The first-order valence-corrected chi connectivity index (χ1v) is 7.87. The molecule has 5 heteroatoms. The van der Waals surface area contributed by atoms with Crippen LogP contribution in [-0.2, 0) is 11.3 Å². The molecule has 1 rings (SSSR count). The zero-order valence-electron chi connectivity index (χ0n) is 12.9. The van der Waals surface area contributed by atoms with Crippen LogP contribution < -0.4 is 5.32 Å². The van der Waals surface area contributed by atoms with Gasteiger partial charge in [-0.05, 0) is 24.3 Å². The molecule has 0 aliphatic carbocycles. The Balaban J connectivity index is 2.64. The lowest BCUT2D eigenvalue weighted by atomic mass is 9.90. The molecule has 0 spiro atoms. The van der Waals surface area contributed by atoms with Gasteiger partial charge in [0.25, 0.3) is 0 Å². The van der Waals surface area contributed by atoms with Crippen molar-refractivity contribution in [2.24, 2.45) is 5.92 Å². The zero-order chi connectivity index (χ0) is 15.9. The van der Waals surface area contributed by atoms with E-state index in [9.17, 15) is 10.1 Å². The van der Waals surface area contributed by atoms with E-state index in [2.05, 4.69) is 18.0 Å². The maximum absolute atomic E-state index is 12.2. The van der Waals surface area contributed by atoms with Gasteiger partial charge in [0.1, 0.15) is 5.54 Å². The Morgan fingerprint density at radius 3 is 2.86 bits per heavy atom. The number of nitriles is 1. The van der Waals surface area contributed by atoms with Crippen molar-refractivity contribution in [3.63, 3.8) is 0 Å². The Kier molecular flexibility index (Phi) is 6.60. The highest BCUT2D eigenvalue weighted by Gasteiger charge is 2.30. The molecule has 0 aliphatic rings.